The second-order valence-corrected chi connectivity index (χ2v) is 7.58. The summed E-state index contributed by atoms with van der Waals surface area (Å²) in [6.07, 6.45) is 0.460. The molecule has 1 unspecified atom stereocenters. The van der Waals surface area contributed by atoms with Crippen LogP contribution < -0.4 is 5.73 Å². The Bertz CT molecular complexity index is 866. The predicted molar refractivity (Wildman–Crippen MR) is 106 cm³/mol. The van der Waals surface area contributed by atoms with Crippen LogP contribution in [0, 0.1) is 11.6 Å². The standard InChI is InChI=1S/C20H21F2N3O2S/c1-27-16(13-26)12-25-20(9-10-23,14-5-3-2-4-6-14)28-19(24-25)17-11-15(21)7-8-18(17)22/h2-8,11,13,16H,9-10,12,23H2,1H3/t16-,20?/m0/s1. The van der Waals surface area contributed by atoms with Crippen LogP contribution in [0.3, 0.4) is 0 Å². The van der Waals surface area contributed by atoms with Gasteiger partial charge < -0.3 is 15.3 Å². The average Bonchev–Trinajstić information content (AvgIpc) is 3.08. The minimum atomic E-state index is -0.760. The van der Waals surface area contributed by atoms with E-state index in [1.165, 1.54) is 18.9 Å². The second kappa shape index (κ2) is 8.81. The molecule has 0 radical (unpaired) electrons. The summed E-state index contributed by atoms with van der Waals surface area (Å²) in [6, 6.07) is 12.8. The van der Waals surface area contributed by atoms with Crippen LogP contribution in [0.4, 0.5) is 8.78 Å². The van der Waals surface area contributed by atoms with Crippen LogP contribution in [0.1, 0.15) is 17.5 Å². The summed E-state index contributed by atoms with van der Waals surface area (Å²) in [6.45, 7) is 0.494. The third-order valence-corrected chi connectivity index (χ3v) is 6.05. The number of hydrazone groups is 1. The summed E-state index contributed by atoms with van der Waals surface area (Å²) in [5.74, 6) is -1.12. The van der Waals surface area contributed by atoms with Gasteiger partial charge in [0.25, 0.3) is 0 Å². The fraction of sp³-hybridized carbons (Fsp3) is 0.300. The summed E-state index contributed by atoms with van der Waals surface area (Å²) < 4.78 is 33.3. The SMILES string of the molecule is CO[C@H](C=O)CN1N=C(c2cc(F)ccc2F)SC1(CCN)c1ccccc1. The van der Waals surface area contributed by atoms with Gasteiger partial charge in [-0.15, -0.1) is 0 Å². The van der Waals surface area contributed by atoms with Gasteiger partial charge in [-0.25, -0.2) is 8.78 Å². The molecule has 1 aliphatic heterocycles. The highest BCUT2D eigenvalue weighted by molar-refractivity contribution is 8.15. The predicted octanol–water partition coefficient (Wildman–Crippen LogP) is 3.09. The molecule has 148 valence electrons. The number of nitrogens with zero attached hydrogens (tertiary/aromatic N) is 2. The average molecular weight is 405 g/mol. The van der Waals surface area contributed by atoms with E-state index in [0.29, 0.717) is 24.3 Å². The molecule has 0 aromatic heterocycles. The maximum absolute atomic E-state index is 14.4. The van der Waals surface area contributed by atoms with E-state index in [4.69, 9.17) is 10.5 Å². The number of hydrogen-bond acceptors (Lipinski definition) is 6. The maximum Gasteiger partial charge on any atom is 0.150 e. The van der Waals surface area contributed by atoms with Crippen molar-refractivity contribution in [2.24, 2.45) is 10.8 Å². The van der Waals surface area contributed by atoms with Gasteiger partial charge in [-0.05, 0) is 36.7 Å². The lowest BCUT2D eigenvalue weighted by molar-refractivity contribution is -0.118. The van der Waals surface area contributed by atoms with Gasteiger partial charge in [0.05, 0.1) is 6.54 Å². The first kappa shape index (κ1) is 20.4. The zero-order chi connectivity index (χ0) is 20.1. The van der Waals surface area contributed by atoms with Crippen molar-refractivity contribution < 1.29 is 18.3 Å². The number of hydrogen-bond donors (Lipinski definition) is 1. The zero-order valence-electron chi connectivity index (χ0n) is 15.3. The smallest absolute Gasteiger partial charge is 0.150 e. The third-order valence-electron chi connectivity index (χ3n) is 4.57. The fourth-order valence-electron chi connectivity index (χ4n) is 3.15. The van der Waals surface area contributed by atoms with Crippen molar-refractivity contribution in [3.63, 3.8) is 0 Å². The minimum Gasteiger partial charge on any atom is -0.372 e. The van der Waals surface area contributed by atoms with Crippen molar-refractivity contribution in [1.82, 2.24) is 5.01 Å². The molecule has 2 N–H and O–H groups in total. The van der Waals surface area contributed by atoms with Crippen molar-refractivity contribution in [1.29, 1.82) is 0 Å². The quantitative estimate of drug-likeness (QED) is 0.684. The highest BCUT2D eigenvalue weighted by Gasteiger charge is 2.46. The maximum atomic E-state index is 14.4. The van der Waals surface area contributed by atoms with Crippen LogP contribution >= 0.6 is 11.8 Å². The normalized spacial score (nSPS) is 20.1. The number of ether oxygens (including phenoxy) is 1. The van der Waals surface area contributed by atoms with E-state index < -0.39 is 22.6 Å². The van der Waals surface area contributed by atoms with Crippen molar-refractivity contribution in [2.45, 2.75) is 17.4 Å². The topological polar surface area (TPSA) is 67.9 Å². The molecule has 1 aliphatic rings. The highest BCUT2D eigenvalue weighted by atomic mass is 32.2. The number of nitrogens with two attached hydrogens (primary N) is 1. The van der Waals surface area contributed by atoms with Gasteiger partial charge in [0, 0.05) is 12.7 Å². The molecule has 0 amide bonds. The van der Waals surface area contributed by atoms with Gasteiger partial charge in [0.2, 0.25) is 0 Å². The van der Waals surface area contributed by atoms with E-state index in [2.05, 4.69) is 5.10 Å². The number of aldehydes is 1. The molecule has 2 aromatic carbocycles. The first-order valence-electron chi connectivity index (χ1n) is 8.78. The van der Waals surface area contributed by atoms with Crippen molar-refractivity contribution >= 4 is 23.1 Å². The molecule has 0 fully saturated rings. The van der Waals surface area contributed by atoms with Crippen LogP contribution in [0.2, 0.25) is 0 Å². The first-order chi connectivity index (χ1) is 13.5. The highest BCUT2D eigenvalue weighted by Crippen LogP contribution is 2.49. The second-order valence-electron chi connectivity index (χ2n) is 6.31. The lowest BCUT2D eigenvalue weighted by atomic mass is 10.0. The number of carbonyl (C=O) groups is 1. The van der Waals surface area contributed by atoms with E-state index in [1.54, 1.807) is 5.01 Å². The Morgan fingerprint density at radius 3 is 2.68 bits per heavy atom. The largest absolute Gasteiger partial charge is 0.372 e. The molecule has 0 saturated heterocycles. The molecule has 8 heteroatoms. The Hall–Kier alpha value is -2.29. The van der Waals surface area contributed by atoms with Crippen LogP contribution in [0.5, 0.6) is 0 Å². The van der Waals surface area contributed by atoms with E-state index in [9.17, 15) is 13.6 Å². The van der Waals surface area contributed by atoms with E-state index in [0.717, 1.165) is 23.8 Å². The van der Waals surface area contributed by atoms with Crippen LogP contribution in [0.25, 0.3) is 0 Å². The Kier molecular flexibility index (Phi) is 6.43. The van der Waals surface area contributed by atoms with Crippen LogP contribution in [-0.2, 0) is 14.4 Å². The Morgan fingerprint density at radius 2 is 2.04 bits per heavy atom. The molecule has 2 aromatic rings. The van der Waals surface area contributed by atoms with Gasteiger partial charge in [-0.3, -0.25) is 5.01 Å². The molecule has 0 spiro atoms. The van der Waals surface area contributed by atoms with Gasteiger partial charge in [0.15, 0.2) is 6.29 Å². The van der Waals surface area contributed by atoms with Gasteiger partial charge in [-0.2, -0.15) is 5.10 Å². The summed E-state index contributed by atoms with van der Waals surface area (Å²) in [7, 11) is 1.44. The number of methoxy groups -OCH3 is 1. The summed E-state index contributed by atoms with van der Waals surface area (Å²) in [5.41, 5.74) is 6.88. The van der Waals surface area contributed by atoms with Crippen LogP contribution in [0.15, 0.2) is 53.6 Å². The van der Waals surface area contributed by atoms with Gasteiger partial charge in [-0.1, -0.05) is 42.1 Å². The molecular formula is C20H21F2N3O2S. The van der Waals surface area contributed by atoms with Crippen LogP contribution in [-0.4, -0.2) is 42.6 Å². The molecule has 2 atom stereocenters. The van der Waals surface area contributed by atoms with E-state index in [1.807, 2.05) is 30.3 Å². The molecule has 3 rings (SSSR count). The summed E-state index contributed by atoms with van der Waals surface area (Å²) >= 11 is 1.30. The molecule has 5 nitrogen and oxygen atoms in total. The lowest BCUT2D eigenvalue weighted by Crippen LogP contribution is -2.43. The van der Waals surface area contributed by atoms with Crippen molar-refractivity contribution in [3.05, 3.63) is 71.3 Å². The number of rotatable bonds is 8. The number of thioether (sulfide) groups is 1. The Labute approximate surface area is 166 Å². The van der Waals surface area contributed by atoms with Crippen molar-refractivity contribution in [3.8, 4) is 0 Å². The zero-order valence-corrected chi connectivity index (χ0v) is 16.2. The number of carbonyl (C=O) groups excluding carboxylic acids is 1. The molecule has 0 aliphatic carbocycles. The monoisotopic (exact) mass is 405 g/mol. The molecule has 28 heavy (non-hydrogen) atoms. The molecule has 0 saturated carbocycles. The summed E-state index contributed by atoms with van der Waals surface area (Å²) in [5, 5.41) is 6.58. The minimum absolute atomic E-state index is 0.0740. The number of benzene rings is 2. The van der Waals surface area contributed by atoms with Gasteiger partial charge >= 0.3 is 0 Å². The Morgan fingerprint density at radius 1 is 1.29 bits per heavy atom. The van der Waals surface area contributed by atoms with E-state index >= 15 is 0 Å². The number of halogens is 2. The van der Waals surface area contributed by atoms with E-state index in [-0.39, 0.29) is 12.1 Å². The third kappa shape index (κ3) is 3.94. The molecule has 0 bridgehead atoms. The molecular weight excluding hydrogens is 384 g/mol. The fourth-order valence-corrected chi connectivity index (χ4v) is 4.57. The Balaban J connectivity index is 2.09. The molecule has 1 heterocycles. The van der Waals surface area contributed by atoms with Crippen molar-refractivity contribution in [2.75, 3.05) is 20.2 Å². The summed E-state index contributed by atoms with van der Waals surface area (Å²) in [4.78, 5) is 10.6. The first-order valence-corrected chi connectivity index (χ1v) is 9.60. The van der Waals surface area contributed by atoms with Gasteiger partial charge in [0.1, 0.15) is 27.7 Å². The lowest BCUT2D eigenvalue weighted by Gasteiger charge is -2.38.